The van der Waals surface area contributed by atoms with Crippen LogP contribution in [-0.2, 0) is 23.2 Å². The molecule has 0 radical (unpaired) electrons. The van der Waals surface area contributed by atoms with Crippen molar-refractivity contribution < 1.29 is 31.2 Å². The molecule has 0 fully saturated rings. The highest BCUT2D eigenvalue weighted by atomic mass is 35.5. The largest absolute Gasteiger partial charge is 0.435 e. The van der Waals surface area contributed by atoms with Crippen LogP contribution in [-0.4, -0.2) is 35.5 Å². The summed E-state index contributed by atoms with van der Waals surface area (Å²) >= 11 is 11.0. The van der Waals surface area contributed by atoms with Gasteiger partial charge in [0.1, 0.15) is 0 Å². The summed E-state index contributed by atoms with van der Waals surface area (Å²) in [6, 6.07) is 8.33. The molecule has 0 spiro atoms. The second-order valence-corrected chi connectivity index (χ2v) is 8.57. The van der Waals surface area contributed by atoms with Crippen molar-refractivity contribution in [2.24, 2.45) is 5.16 Å². The Morgan fingerprint density at radius 2 is 1.79 bits per heavy atom. The van der Waals surface area contributed by atoms with Crippen molar-refractivity contribution in [3.8, 4) is 0 Å². The molecule has 2 aromatic carbocycles. The number of rotatable bonds is 5. The lowest BCUT2D eigenvalue weighted by Crippen LogP contribution is -2.42. The normalized spacial score (nSPS) is 18.3. The molecule has 34 heavy (non-hydrogen) atoms. The average molecular weight is 524 g/mol. The molecule has 0 saturated heterocycles. The monoisotopic (exact) mass is 523 g/mol. The van der Waals surface area contributed by atoms with Gasteiger partial charge >= 0.3 is 12.4 Å². The smallest absolute Gasteiger partial charge is 0.374 e. The van der Waals surface area contributed by atoms with Crippen LogP contribution in [0.2, 0.25) is 5.02 Å². The lowest BCUT2D eigenvalue weighted by molar-refractivity contribution is -0.276. The molecule has 0 amide bonds. The van der Waals surface area contributed by atoms with Crippen LogP contribution in [0.4, 0.5) is 26.3 Å². The van der Waals surface area contributed by atoms with E-state index < -0.39 is 40.5 Å². The molecule has 1 aliphatic rings. The Morgan fingerprint density at radius 3 is 2.35 bits per heavy atom. The third-order valence-electron chi connectivity index (χ3n) is 5.26. The first kappa shape index (κ1) is 26.1. The van der Waals surface area contributed by atoms with Gasteiger partial charge < -0.3 is 15.1 Å². The number of nitrogens with one attached hydrogen (secondary N) is 1. The van der Waals surface area contributed by atoms with E-state index in [-0.39, 0.29) is 5.71 Å². The van der Waals surface area contributed by atoms with Gasteiger partial charge in [-0.2, -0.15) is 26.3 Å². The Kier molecular flexibility index (Phi) is 7.37. The maximum absolute atomic E-state index is 14.2. The van der Waals surface area contributed by atoms with E-state index in [0.717, 1.165) is 11.6 Å². The molecule has 1 heterocycles. The summed E-state index contributed by atoms with van der Waals surface area (Å²) in [4.78, 5) is 6.64. The number of nitrogens with zero attached hydrogens (tertiary/aromatic N) is 2. The maximum Gasteiger partial charge on any atom is 0.435 e. The minimum atomic E-state index is -5.06. The van der Waals surface area contributed by atoms with Gasteiger partial charge in [0.2, 0.25) is 0 Å². The predicted octanol–water partition coefficient (Wildman–Crippen LogP) is 6.27. The molecule has 3 rings (SSSR count). The zero-order chi connectivity index (χ0) is 25.3. The van der Waals surface area contributed by atoms with Crippen LogP contribution in [0.1, 0.15) is 35.6 Å². The fourth-order valence-electron chi connectivity index (χ4n) is 3.48. The van der Waals surface area contributed by atoms with Gasteiger partial charge in [-0.1, -0.05) is 41.0 Å². The Bertz CT molecular complexity index is 1090. The molecule has 4 nitrogen and oxygen atoms in total. The van der Waals surface area contributed by atoms with E-state index in [4.69, 9.17) is 28.7 Å². The van der Waals surface area contributed by atoms with E-state index in [0.29, 0.717) is 35.9 Å². The number of hydrogen-bond acceptors (Lipinski definition) is 3. The topological polar surface area (TPSA) is 36.9 Å². The molecule has 0 aromatic heterocycles. The summed E-state index contributed by atoms with van der Waals surface area (Å²) in [5, 5.41) is 6.67. The zero-order valence-electron chi connectivity index (χ0n) is 18.0. The molecule has 1 N–H and O–H groups in total. The second-order valence-electron chi connectivity index (χ2n) is 7.75. The first-order valence-corrected chi connectivity index (χ1v) is 10.8. The molecule has 12 heteroatoms. The lowest BCUT2D eigenvalue weighted by atomic mass is 9.85. The van der Waals surface area contributed by atoms with Crippen LogP contribution in [0.25, 0.3) is 0 Å². The first-order valence-electron chi connectivity index (χ1n) is 10.0. The number of alkyl halides is 6. The Hall–Kier alpha value is -2.53. The van der Waals surface area contributed by atoms with Crippen molar-refractivity contribution in [2.75, 3.05) is 13.6 Å². The molecule has 0 aliphatic carbocycles. The van der Waals surface area contributed by atoms with Crippen LogP contribution in [0.3, 0.4) is 0 Å². The molecule has 0 bridgehead atoms. The number of hydrogen-bond donors (Lipinski definition) is 1. The first-order chi connectivity index (χ1) is 15.8. The summed E-state index contributed by atoms with van der Waals surface area (Å²) in [5.41, 5.74) is -4.02. The molecular formula is C22H20ClF6N3OS. The van der Waals surface area contributed by atoms with Crippen molar-refractivity contribution in [1.82, 2.24) is 10.2 Å². The number of halogens is 7. The quantitative estimate of drug-likeness (QED) is 0.370. The molecule has 184 valence electrons. The van der Waals surface area contributed by atoms with E-state index in [1.54, 1.807) is 36.2 Å². The molecular weight excluding hydrogens is 504 g/mol. The van der Waals surface area contributed by atoms with Gasteiger partial charge in [0, 0.05) is 37.1 Å². The number of oxime groups is 1. The summed E-state index contributed by atoms with van der Waals surface area (Å²) in [6.45, 7) is 3.04. The Morgan fingerprint density at radius 1 is 1.15 bits per heavy atom. The summed E-state index contributed by atoms with van der Waals surface area (Å²) < 4.78 is 82.0. The predicted molar refractivity (Wildman–Crippen MR) is 121 cm³/mol. The minimum absolute atomic E-state index is 0.0473. The van der Waals surface area contributed by atoms with Crippen LogP contribution < -0.4 is 5.32 Å². The van der Waals surface area contributed by atoms with Crippen molar-refractivity contribution in [2.45, 2.75) is 37.8 Å². The van der Waals surface area contributed by atoms with Crippen LogP contribution in [0.15, 0.2) is 47.6 Å². The molecule has 2 aromatic rings. The van der Waals surface area contributed by atoms with E-state index >= 15 is 0 Å². The number of benzene rings is 2. The van der Waals surface area contributed by atoms with E-state index in [9.17, 15) is 26.3 Å². The molecule has 1 unspecified atom stereocenters. The Labute approximate surface area is 202 Å². The molecule has 0 saturated carbocycles. The standard InChI is InChI=1S/C22H20ClF6N3OS/c1-3-30-19(34)32(2)12-13-4-6-14(7-5-13)18-11-20(33-31-18,22(27,28)29)15-8-16(21(24,25)26)10-17(23)9-15/h4-10H,3,11-12H2,1-2H3,(H,30,34). The highest BCUT2D eigenvalue weighted by molar-refractivity contribution is 7.80. The van der Waals surface area contributed by atoms with E-state index in [2.05, 4.69) is 10.5 Å². The van der Waals surface area contributed by atoms with Gasteiger partial charge in [-0.3, -0.25) is 0 Å². The fraction of sp³-hybridized carbons (Fsp3) is 0.364. The van der Waals surface area contributed by atoms with E-state index in [1.165, 1.54) is 0 Å². The van der Waals surface area contributed by atoms with Gasteiger partial charge in [-0.15, -0.1) is 0 Å². The SMILES string of the molecule is CCNC(=S)N(C)Cc1ccc(C2=NOC(c3cc(Cl)cc(C(F)(F)F)c3)(C(F)(F)F)C2)cc1. The van der Waals surface area contributed by atoms with Crippen LogP contribution in [0.5, 0.6) is 0 Å². The van der Waals surface area contributed by atoms with Crippen molar-refractivity contribution in [3.63, 3.8) is 0 Å². The van der Waals surface area contributed by atoms with Crippen molar-refractivity contribution in [1.29, 1.82) is 0 Å². The van der Waals surface area contributed by atoms with Gasteiger partial charge in [0.25, 0.3) is 5.60 Å². The highest BCUT2D eigenvalue weighted by Gasteiger charge is 2.62. The number of thiocarbonyl (C=S) groups is 1. The highest BCUT2D eigenvalue weighted by Crippen LogP contribution is 2.50. The second kappa shape index (κ2) is 9.61. The third kappa shape index (κ3) is 5.41. The summed E-state index contributed by atoms with van der Waals surface area (Å²) in [7, 11) is 1.80. The van der Waals surface area contributed by atoms with Crippen molar-refractivity contribution in [3.05, 3.63) is 69.7 Å². The van der Waals surface area contributed by atoms with Gasteiger partial charge in [0.05, 0.1) is 11.3 Å². The third-order valence-corrected chi connectivity index (χ3v) is 5.93. The maximum atomic E-state index is 14.2. The fourth-order valence-corrected chi connectivity index (χ4v) is 3.92. The van der Waals surface area contributed by atoms with Crippen LogP contribution in [0, 0.1) is 0 Å². The minimum Gasteiger partial charge on any atom is -0.374 e. The zero-order valence-corrected chi connectivity index (χ0v) is 19.6. The summed E-state index contributed by atoms with van der Waals surface area (Å²) in [5.74, 6) is 0. The Balaban J connectivity index is 1.87. The van der Waals surface area contributed by atoms with E-state index in [1.807, 2.05) is 6.92 Å². The average Bonchev–Trinajstić information content (AvgIpc) is 3.20. The van der Waals surface area contributed by atoms with Gasteiger partial charge in [-0.25, -0.2) is 0 Å². The summed E-state index contributed by atoms with van der Waals surface area (Å²) in [6.07, 6.45) is -10.7. The van der Waals surface area contributed by atoms with Gasteiger partial charge in [0.15, 0.2) is 5.11 Å². The van der Waals surface area contributed by atoms with Crippen LogP contribution >= 0.6 is 23.8 Å². The van der Waals surface area contributed by atoms with Crippen molar-refractivity contribution >= 4 is 34.6 Å². The lowest BCUT2D eigenvalue weighted by Gasteiger charge is -2.30. The molecule has 1 aliphatic heterocycles. The van der Waals surface area contributed by atoms with Gasteiger partial charge in [-0.05, 0) is 48.5 Å². The molecule has 1 atom stereocenters.